The Balaban J connectivity index is 1.56. The SMILES string of the molecule is CC(=O)N1CCN(c2cccc(-c3nc4ccncc4n3-c3ccc(F)cc3)n2)CC1. The van der Waals surface area contributed by atoms with Crippen molar-refractivity contribution in [2.24, 2.45) is 0 Å². The first kappa shape index (κ1) is 19.2. The van der Waals surface area contributed by atoms with Gasteiger partial charge in [-0.25, -0.2) is 14.4 Å². The topological polar surface area (TPSA) is 67.2 Å². The van der Waals surface area contributed by atoms with E-state index < -0.39 is 0 Å². The Morgan fingerprint density at radius 1 is 0.968 bits per heavy atom. The van der Waals surface area contributed by atoms with E-state index in [1.54, 1.807) is 31.5 Å². The summed E-state index contributed by atoms with van der Waals surface area (Å²) in [4.78, 5) is 29.6. The standard InChI is InChI=1S/C23H21FN6O/c1-16(31)28-11-13-29(14-12-28)22-4-2-3-20(26-22)23-27-19-9-10-25-15-21(19)30(23)18-7-5-17(24)6-8-18/h2-10,15H,11-14H2,1H3. The van der Waals surface area contributed by atoms with E-state index in [1.165, 1.54) is 12.1 Å². The maximum Gasteiger partial charge on any atom is 0.219 e. The predicted molar refractivity (Wildman–Crippen MR) is 117 cm³/mol. The van der Waals surface area contributed by atoms with Gasteiger partial charge in [-0.2, -0.15) is 0 Å². The molecule has 0 aliphatic carbocycles. The molecule has 1 aromatic carbocycles. The molecule has 31 heavy (non-hydrogen) atoms. The van der Waals surface area contributed by atoms with Gasteiger partial charge in [-0.15, -0.1) is 0 Å². The fraction of sp³-hybridized carbons (Fsp3) is 0.217. The molecule has 0 bridgehead atoms. The van der Waals surface area contributed by atoms with Crippen molar-refractivity contribution >= 4 is 22.8 Å². The fourth-order valence-electron chi connectivity index (χ4n) is 3.92. The third-order valence-electron chi connectivity index (χ3n) is 5.55. The van der Waals surface area contributed by atoms with Gasteiger partial charge in [0.1, 0.15) is 17.3 Å². The highest BCUT2D eigenvalue weighted by molar-refractivity contribution is 5.82. The average Bonchev–Trinajstić information content (AvgIpc) is 3.19. The van der Waals surface area contributed by atoms with Gasteiger partial charge in [0.25, 0.3) is 0 Å². The van der Waals surface area contributed by atoms with Gasteiger partial charge in [0.15, 0.2) is 5.82 Å². The first-order valence-corrected chi connectivity index (χ1v) is 10.2. The molecular weight excluding hydrogens is 395 g/mol. The van der Waals surface area contributed by atoms with Gasteiger partial charge in [-0.05, 0) is 42.5 Å². The average molecular weight is 416 g/mol. The minimum absolute atomic E-state index is 0.1000. The highest BCUT2D eigenvalue weighted by Crippen LogP contribution is 2.28. The van der Waals surface area contributed by atoms with Crippen molar-refractivity contribution in [2.45, 2.75) is 6.92 Å². The van der Waals surface area contributed by atoms with Crippen LogP contribution in [0.3, 0.4) is 0 Å². The lowest BCUT2D eigenvalue weighted by Gasteiger charge is -2.35. The van der Waals surface area contributed by atoms with E-state index >= 15 is 0 Å². The maximum atomic E-state index is 13.5. The number of halogens is 1. The molecule has 4 heterocycles. The van der Waals surface area contributed by atoms with Crippen LogP contribution < -0.4 is 4.90 Å². The van der Waals surface area contributed by atoms with Crippen LogP contribution in [0.25, 0.3) is 28.2 Å². The minimum Gasteiger partial charge on any atom is -0.353 e. The van der Waals surface area contributed by atoms with E-state index in [4.69, 9.17) is 9.97 Å². The van der Waals surface area contributed by atoms with Gasteiger partial charge >= 0.3 is 0 Å². The number of piperazine rings is 1. The van der Waals surface area contributed by atoms with Gasteiger partial charge in [0, 0.05) is 45.0 Å². The van der Waals surface area contributed by atoms with E-state index in [2.05, 4.69) is 9.88 Å². The Labute approximate surface area is 178 Å². The highest BCUT2D eigenvalue weighted by Gasteiger charge is 2.21. The fourth-order valence-corrected chi connectivity index (χ4v) is 3.92. The molecule has 3 aromatic heterocycles. The summed E-state index contributed by atoms with van der Waals surface area (Å²) in [6.07, 6.45) is 3.45. The number of carbonyl (C=O) groups excluding carboxylic acids is 1. The number of hydrogen-bond donors (Lipinski definition) is 0. The van der Waals surface area contributed by atoms with Gasteiger partial charge < -0.3 is 9.80 Å². The summed E-state index contributed by atoms with van der Waals surface area (Å²) in [7, 11) is 0. The molecule has 5 rings (SSSR count). The lowest BCUT2D eigenvalue weighted by atomic mass is 10.2. The van der Waals surface area contributed by atoms with Crippen LogP contribution >= 0.6 is 0 Å². The van der Waals surface area contributed by atoms with E-state index in [0.717, 1.165) is 35.6 Å². The Kier molecular flexibility index (Phi) is 4.82. The number of fused-ring (bicyclic) bond motifs is 1. The number of benzene rings is 1. The molecule has 0 spiro atoms. The number of nitrogens with zero attached hydrogens (tertiary/aromatic N) is 6. The second-order valence-electron chi connectivity index (χ2n) is 7.49. The molecule has 0 atom stereocenters. The molecular formula is C23H21FN6O. The third kappa shape index (κ3) is 3.61. The number of carbonyl (C=O) groups is 1. The second-order valence-corrected chi connectivity index (χ2v) is 7.49. The van der Waals surface area contributed by atoms with Crippen LogP contribution in [-0.4, -0.2) is 56.5 Å². The van der Waals surface area contributed by atoms with Crippen LogP contribution in [0.4, 0.5) is 10.2 Å². The molecule has 1 fully saturated rings. The van der Waals surface area contributed by atoms with Crippen LogP contribution in [0, 0.1) is 5.82 Å². The van der Waals surface area contributed by atoms with E-state index in [9.17, 15) is 9.18 Å². The van der Waals surface area contributed by atoms with Gasteiger partial charge in [-0.1, -0.05) is 6.07 Å². The van der Waals surface area contributed by atoms with Crippen LogP contribution in [0.1, 0.15) is 6.92 Å². The third-order valence-corrected chi connectivity index (χ3v) is 5.55. The van der Waals surface area contributed by atoms with Crippen molar-refractivity contribution in [1.29, 1.82) is 0 Å². The Hall–Kier alpha value is -3.81. The number of rotatable bonds is 3. The van der Waals surface area contributed by atoms with Crippen LogP contribution in [0.2, 0.25) is 0 Å². The Morgan fingerprint density at radius 2 is 1.74 bits per heavy atom. The van der Waals surface area contributed by atoms with E-state index in [0.29, 0.717) is 24.6 Å². The van der Waals surface area contributed by atoms with Crippen molar-refractivity contribution in [3.8, 4) is 17.2 Å². The number of anilines is 1. The Bertz CT molecular complexity index is 1240. The minimum atomic E-state index is -0.294. The van der Waals surface area contributed by atoms with Gasteiger partial charge in [0.05, 0.1) is 17.2 Å². The quantitative estimate of drug-likeness (QED) is 0.513. The largest absolute Gasteiger partial charge is 0.353 e. The van der Waals surface area contributed by atoms with Crippen molar-refractivity contribution in [3.63, 3.8) is 0 Å². The number of pyridine rings is 2. The van der Waals surface area contributed by atoms with Crippen molar-refractivity contribution < 1.29 is 9.18 Å². The lowest BCUT2D eigenvalue weighted by molar-refractivity contribution is -0.129. The first-order valence-electron chi connectivity index (χ1n) is 10.2. The number of imidazole rings is 1. The van der Waals surface area contributed by atoms with Crippen LogP contribution in [0.15, 0.2) is 60.9 Å². The monoisotopic (exact) mass is 416 g/mol. The predicted octanol–water partition coefficient (Wildman–Crippen LogP) is 3.29. The summed E-state index contributed by atoms with van der Waals surface area (Å²) in [5.41, 5.74) is 3.11. The Morgan fingerprint density at radius 3 is 2.48 bits per heavy atom. The molecule has 1 aliphatic rings. The molecule has 0 saturated carbocycles. The molecule has 1 amide bonds. The summed E-state index contributed by atoms with van der Waals surface area (Å²) < 4.78 is 15.5. The van der Waals surface area contributed by atoms with Crippen molar-refractivity contribution in [3.05, 3.63) is 66.7 Å². The van der Waals surface area contributed by atoms with Crippen molar-refractivity contribution in [2.75, 3.05) is 31.1 Å². The first-order chi connectivity index (χ1) is 15.1. The number of aromatic nitrogens is 4. The number of amides is 1. The molecule has 1 saturated heterocycles. The molecule has 8 heteroatoms. The molecule has 4 aromatic rings. The molecule has 7 nitrogen and oxygen atoms in total. The van der Waals surface area contributed by atoms with E-state index in [1.807, 2.05) is 33.7 Å². The maximum absolute atomic E-state index is 13.5. The summed E-state index contributed by atoms with van der Waals surface area (Å²) in [5.74, 6) is 1.32. The summed E-state index contributed by atoms with van der Waals surface area (Å²) >= 11 is 0. The molecule has 1 aliphatic heterocycles. The summed E-state index contributed by atoms with van der Waals surface area (Å²) in [6, 6.07) is 14.0. The molecule has 0 unspecified atom stereocenters. The lowest BCUT2D eigenvalue weighted by Crippen LogP contribution is -2.48. The number of hydrogen-bond acceptors (Lipinski definition) is 5. The summed E-state index contributed by atoms with van der Waals surface area (Å²) in [6.45, 7) is 4.42. The van der Waals surface area contributed by atoms with Crippen molar-refractivity contribution in [1.82, 2.24) is 24.4 Å². The zero-order valence-corrected chi connectivity index (χ0v) is 17.1. The summed E-state index contributed by atoms with van der Waals surface area (Å²) in [5, 5.41) is 0. The van der Waals surface area contributed by atoms with Gasteiger partial charge in [0.2, 0.25) is 5.91 Å². The van der Waals surface area contributed by atoms with Crippen LogP contribution in [-0.2, 0) is 4.79 Å². The highest BCUT2D eigenvalue weighted by atomic mass is 19.1. The second kappa shape index (κ2) is 7.79. The van der Waals surface area contributed by atoms with Gasteiger partial charge in [-0.3, -0.25) is 14.3 Å². The normalized spacial score (nSPS) is 14.3. The molecule has 0 radical (unpaired) electrons. The zero-order chi connectivity index (χ0) is 21.4. The molecule has 156 valence electrons. The van der Waals surface area contributed by atoms with E-state index in [-0.39, 0.29) is 11.7 Å². The molecule has 0 N–H and O–H groups in total. The zero-order valence-electron chi connectivity index (χ0n) is 17.1. The van der Waals surface area contributed by atoms with Crippen LogP contribution in [0.5, 0.6) is 0 Å². The smallest absolute Gasteiger partial charge is 0.219 e.